The summed E-state index contributed by atoms with van der Waals surface area (Å²) in [6.45, 7) is 4.58. The Bertz CT molecular complexity index is 1010. The molecule has 1 fully saturated rings. The maximum absolute atomic E-state index is 12.4. The zero-order chi connectivity index (χ0) is 24.1. The Morgan fingerprint density at radius 2 is 1.40 bits per heavy atom. The van der Waals surface area contributed by atoms with E-state index in [0.717, 1.165) is 34.9 Å². The SMILES string of the molecule is O=C(CCc1ccc(OCc2ccccc2)cc1)Nc1ccc(OCCN2CCCCCC2)cc1. The van der Waals surface area contributed by atoms with Gasteiger partial charge >= 0.3 is 0 Å². The number of hydrogen-bond donors (Lipinski definition) is 1. The summed E-state index contributed by atoms with van der Waals surface area (Å²) in [6.07, 6.45) is 6.40. The van der Waals surface area contributed by atoms with E-state index >= 15 is 0 Å². The van der Waals surface area contributed by atoms with E-state index in [1.54, 1.807) is 0 Å². The minimum atomic E-state index is 0.00392. The predicted molar refractivity (Wildman–Crippen MR) is 141 cm³/mol. The number of ether oxygens (including phenoxy) is 2. The van der Waals surface area contributed by atoms with Gasteiger partial charge in [-0.25, -0.2) is 0 Å². The smallest absolute Gasteiger partial charge is 0.224 e. The molecule has 1 amide bonds. The third-order valence-electron chi connectivity index (χ3n) is 6.33. The molecule has 0 atom stereocenters. The van der Waals surface area contributed by atoms with Crippen LogP contribution in [-0.4, -0.2) is 37.0 Å². The minimum Gasteiger partial charge on any atom is -0.492 e. The monoisotopic (exact) mass is 472 g/mol. The lowest BCUT2D eigenvalue weighted by Gasteiger charge is -2.19. The minimum absolute atomic E-state index is 0.00392. The van der Waals surface area contributed by atoms with Crippen molar-refractivity contribution in [2.75, 3.05) is 31.6 Å². The van der Waals surface area contributed by atoms with Gasteiger partial charge in [-0.1, -0.05) is 55.3 Å². The Labute approximate surface area is 209 Å². The summed E-state index contributed by atoms with van der Waals surface area (Å²) in [6, 6.07) is 25.7. The number of rotatable bonds is 11. The van der Waals surface area contributed by atoms with E-state index in [2.05, 4.69) is 10.2 Å². The molecule has 1 aliphatic heterocycles. The molecule has 35 heavy (non-hydrogen) atoms. The van der Waals surface area contributed by atoms with Crippen molar-refractivity contribution in [2.24, 2.45) is 0 Å². The zero-order valence-electron chi connectivity index (χ0n) is 20.5. The van der Waals surface area contributed by atoms with Crippen LogP contribution in [-0.2, 0) is 17.8 Å². The van der Waals surface area contributed by atoms with Crippen LogP contribution in [0.4, 0.5) is 5.69 Å². The third-order valence-corrected chi connectivity index (χ3v) is 6.33. The first kappa shape index (κ1) is 24.8. The van der Waals surface area contributed by atoms with E-state index in [-0.39, 0.29) is 5.91 Å². The lowest BCUT2D eigenvalue weighted by atomic mass is 10.1. The van der Waals surface area contributed by atoms with Crippen molar-refractivity contribution in [3.63, 3.8) is 0 Å². The predicted octanol–water partition coefficient (Wildman–Crippen LogP) is 6.09. The van der Waals surface area contributed by atoms with E-state index in [1.165, 1.54) is 38.8 Å². The molecule has 0 aromatic heterocycles. The largest absolute Gasteiger partial charge is 0.492 e. The number of anilines is 1. The average molecular weight is 473 g/mol. The average Bonchev–Trinajstić information content (AvgIpc) is 3.17. The van der Waals surface area contributed by atoms with Gasteiger partial charge in [0.05, 0.1) is 0 Å². The van der Waals surface area contributed by atoms with Crippen LogP contribution in [0.25, 0.3) is 0 Å². The van der Waals surface area contributed by atoms with E-state index in [0.29, 0.717) is 26.1 Å². The first-order chi connectivity index (χ1) is 17.2. The molecule has 3 aromatic rings. The second kappa shape index (κ2) is 13.5. The molecule has 3 aromatic carbocycles. The molecule has 1 N–H and O–H groups in total. The maximum atomic E-state index is 12.4. The molecule has 0 spiro atoms. The van der Waals surface area contributed by atoms with Crippen molar-refractivity contribution in [3.05, 3.63) is 90.0 Å². The number of likely N-dealkylation sites (tertiary alicyclic amines) is 1. The van der Waals surface area contributed by atoms with Gasteiger partial charge in [-0.2, -0.15) is 0 Å². The molecule has 5 nitrogen and oxygen atoms in total. The summed E-state index contributed by atoms with van der Waals surface area (Å²) in [5.74, 6) is 1.67. The summed E-state index contributed by atoms with van der Waals surface area (Å²) in [4.78, 5) is 14.9. The van der Waals surface area contributed by atoms with E-state index in [9.17, 15) is 4.79 Å². The van der Waals surface area contributed by atoms with Crippen LogP contribution in [0.1, 0.15) is 43.2 Å². The standard InChI is InChI=1S/C30H36N2O3/c33-30(19-12-25-10-15-29(16-11-25)35-24-26-8-4-3-5-9-26)31-27-13-17-28(18-14-27)34-23-22-32-20-6-1-2-7-21-32/h3-5,8-11,13-18H,1-2,6-7,12,19-24H2,(H,31,33). The molecule has 1 saturated heterocycles. The first-order valence-electron chi connectivity index (χ1n) is 12.8. The topological polar surface area (TPSA) is 50.8 Å². The van der Waals surface area contributed by atoms with Gasteiger partial charge in [-0.15, -0.1) is 0 Å². The number of aryl methyl sites for hydroxylation is 1. The molecule has 0 aliphatic carbocycles. The summed E-state index contributed by atoms with van der Waals surface area (Å²) in [7, 11) is 0. The van der Waals surface area contributed by atoms with Crippen LogP contribution < -0.4 is 14.8 Å². The van der Waals surface area contributed by atoms with Crippen LogP contribution in [0.2, 0.25) is 0 Å². The van der Waals surface area contributed by atoms with Gasteiger partial charge in [-0.3, -0.25) is 9.69 Å². The summed E-state index contributed by atoms with van der Waals surface area (Å²) >= 11 is 0. The fraction of sp³-hybridized carbons (Fsp3) is 0.367. The van der Waals surface area contributed by atoms with Gasteiger partial charge in [0, 0.05) is 18.7 Å². The molecule has 5 heteroatoms. The van der Waals surface area contributed by atoms with Crippen LogP contribution >= 0.6 is 0 Å². The fourth-order valence-corrected chi connectivity index (χ4v) is 4.26. The molecular weight excluding hydrogens is 436 g/mol. The van der Waals surface area contributed by atoms with Crippen LogP contribution in [0.5, 0.6) is 11.5 Å². The second-order valence-corrected chi connectivity index (χ2v) is 9.10. The van der Waals surface area contributed by atoms with Crippen molar-refractivity contribution in [2.45, 2.75) is 45.1 Å². The number of carbonyl (C=O) groups is 1. The van der Waals surface area contributed by atoms with Crippen molar-refractivity contribution in [3.8, 4) is 11.5 Å². The quantitative estimate of drug-likeness (QED) is 0.367. The Morgan fingerprint density at radius 3 is 2.11 bits per heavy atom. The molecule has 184 valence electrons. The van der Waals surface area contributed by atoms with Gasteiger partial charge in [-0.05, 0) is 79.9 Å². The Morgan fingerprint density at radius 1 is 0.743 bits per heavy atom. The highest BCUT2D eigenvalue weighted by molar-refractivity contribution is 5.90. The van der Waals surface area contributed by atoms with Crippen LogP contribution in [0.3, 0.4) is 0 Å². The van der Waals surface area contributed by atoms with Crippen molar-refractivity contribution in [1.82, 2.24) is 4.90 Å². The molecule has 1 aliphatic rings. The molecule has 4 rings (SSSR count). The molecule has 1 heterocycles. The third kappa shape index (κ3) is 8.76. The second-order valence-electron chi connectivity index (χ2n) is 9.10. The number of nitrogens with zero attached hydrogens (tertiary/aromatic N) is 1. The van der Waals surface area contributed by atoms with Crippen molar-refractivity contribution in [1.29, 1.82) is 0 Å². The van der Waals surface area contributed by atoms with E-state index in [4.69, 9.17) is 9.47 Å². The summed E-state index contributed by atoms with van der Waals surface area (Å²) in [5.41, 5.74) is 3.04. The van der Waals surface area contributed by atoms with Gasteiger partial charge < -0.3 is 14.8 Å². The summed E-state index contributed by atoms with van der Waals surface area (Å²) in [5, 5.41) is 2.98. The highest BCUT2D eigenvalue weighted by Crippen LogP contribution is 2.18. The first-order valence-corrected chi connectivity index (χ1v) is 12.8. The lowest BCUT2D eigenvalue weighted by molar-refractivity contribution is -0.116. The molecular formula is C30H36N2O3. The summed E-state index contributed by atoms with van der Waals surface area (Å²) < 4.78 is 11.7. The van der Waals surface area contributed by atoms with Crippen molar-refractivity contribution < 1.29 is 14.3 Å². The number of hydrogen-bond acceptors (Lipinski definition) is 4. The highest BCUT2D eigenvalue weighted by atomic mass is 16.5. The number of amides is 1. The molecule has 0 bridgehead atoms. The fourth-order valence-electron chi connectivity index (χ4n) is 4.26. The lowest BCUT2D eigenvalue weighted by Crippen LogP contribution is -2.29. The van der Waals surface area contributed by atoms with Crippen LogP contribution in [0, 0.1) is 0 Å². The van der Waals surface area contributed by atoms with E-state index < -0.39 is 0 Å². The highest BCUT2D eigenvalue weighted by Gasteiger charge is 2.09. The van der Waals surface area contributed by atoms with Crippen LogP contribution in [0.15, 0.2) is 78.9 Å². The van der Waals surface area contributed by atoms with Crippen molar-refractivity contribution >= 4 is 11.6 Å². The Kier molecular flexibility index (Phi) is 9.60. The van der Waals surface area contributed by atoms with E-state index in [1.807, 2.05) is 78.9 Å². The normalized spacial score (nSPS) is 14.2. The van der Waals surface area contributed by atoms with Gasteiger partial charge in [0.25, 0.3) is 0 Å². The van der Waals surface area contributed by atoms with Gasteiger partial charge in [0.2, 0.25) is 5.91 Å². The molecule has 0 unspecified atom stereocenters. The molecule has 0 radical (unpaired) electrons. The number of nitrogens with one attached hydrogen (secondary N) is 1. The number of carbonyl (C=O) groups excluding carboxylic acids is 1. The number of benzene rings is 3. The Hall–Kier alpha value is -3.31. The van der Waals surface area contributed by atoms with Gasteiger partial charge in [0.1, 0.15) is 24.7 Å². The van der Waals surface area contributed by atoms with Gasteiger partial charge in [0.15, 0.2) is 0 Å². The molecule has 0 saturated carbocycles. The zero-order valence-corrected chi connectivity index (χ0v) is 20.5. The maximum Gasteiger partial charge on any atom is 0.224 e. The Balaban J connectivity index is 1.14.